The van der Waals surface area contributed by atoms with Gasteiger partial charge in [0.2, 0.25) is 0 Å². The van der Waals surface area contributed by atoms with Gasteiger partial charge in [0.1, 0.15) is 36.3 Å². The standard InChI is InChI=1S/2C5H9NO2.C4H9NO3.3C3H7NO3/c2*7-5(8)4-2-1-3-6-4;1-2(6)3(5)4(7)8;3*4-2(1-5)3(6)7/h2*4,6H,1-3H2,(H,7,8);2-3,6H,5H2,1H3,(H,7,8);3*2,5H,1,4H2,(H,6,7)/t2*4-;2-,3+;3*2-/m001000/s1. The summed E-state index contributed by atoms with van der Waals surface area (Å²) in [7, 11) is 0. The smallest absolute Gasteiger partial charge is 0.323 e. The number of hydrogen-bond acceptors (Lipinski definition) is 16. The largest absolute Gasteiger partial charge is 0.480 e. The summed E-state index contributed by atoms with van der Waals surface area (Å²) in [4.78, 5) is 59.1. The van der Waals surface area contributed by atoms with Gasteiger partial charge in [-0.15, -0.1) is 0 Å². The molecule has 45 heavy (non-hydrogen) atoms. The molecule has 0 aromatic heterocycles. The van der Waals surface area contributed by atoms with E-state index in [2.05, 4.69) is 10.6 Å². The van der Waals surface area contributed by atoms with Crippen molar-refractivity contribution in [2.24, 2.45) is 22.9 Å². The molecule has 2 aliphatic heterocycles. The second-order valence-corrected chi connectivity index (χ2v) is 8.96. The molecule has 0 saturated carbocycles. The normalized spacial score (nSPS) is 19.4. The van der Waals surface area contributed by atoms with E-state index >= 15 is 0 Å². The van der Waals surface area contributed by atoms with Gasteiger partial charge in [-0.3, -0.25) is 28.8 Å². The highest BCUT2D eigenvalue weighted by molar-refractivity contribution is 5.75. The number of carboxylic acids is 6. The van der Waals surface area contributed by atoms with E-state index in [9.17, 15) is 28.8 Å². The summed E-state index contributed by atoms with van der Waals surface area (Å²) in [5.41, 5.74) is 19.2. The highest BCUT2D eigenvalue weighted by atomic mass is 16.4. The molecule has 0 unspecified atom stereocenters. The zero-order valence-electron chi connectivity index (χ0n) is 24.6. The summed E-state index contributed by atoms with van der Waals surface area (Å²) in [6, 6.07) is -5.07. The van der Waals surface area contributed by atoms with Crippen LogP contribution in [0.15, 0.2) is 0 Å². The fraction of sp³-hybridized carbons (Fsp3) is 0.739. The number of aliphatic carboxylic acids is 6. The van der Waals surface area contributed by atoms with Crippen LogP contribution in [0.2, 0.25) is 0 Å². The zero-order valence-corrected chi connectivity index (χ0v) is 24.6. The molecule has 2 rings (SSSR count). The third-order valence-electron chi connectivity index (χ3n) is 5.06. The van der Waals surface area contributed by atoms with Gasteiger partial charge in [0.05, 0.1) is 25.9 Å². The van der Waals surface area contributed by atoms with E-state index in [1.54, 1.807) is 0 Å². The van der Waals surface area contributed by atoms with Gasteiger partial charge in [-0.05, 0) is 45.7 Å². The SMILES string of the molecule is C[C@@H](O)[C@H](N)C(=O)O.N[C@@H](CO)C(=O)O.N[C@@H](CO)C(=O)O.N[C@@H](CO)C(=O)O.O=C(O)[C@@H]1CCCN1.O=C(O)[C@@H]1CCCN1. The molecule has 0 bridgehead atoms. The number of nitrogens with two attached hydrogens (primary N) is 4. The van der Waals surface area contributed by atoms with Crippen LogP contribution in [-0.2, 0) is 28.8 Å². The Balaban J connectivity index is -0.000000225. The maximum Gasteiger partial charge on any atom is 0.323 e. The molecule has 0 amide bonds. The first-order valence-electron chi connectivity index (χ1n) is 13.1. The minimum atomic E-state index is -1.18. The third-order valence-corrected chi connectivity index (χ3v) is 5.06. The lowest BCUT2D eigenvalue weighted by atomic mass is 10.2. The minimum Gasteiger partial charge on any atom is -0.480 e. The summed E-state index contributed by atoms with van der Waals surface area (Å²) in [5, 5.41) is 86.7. The van der Waals surface area contributed by atoms with Gasteiger partial charge in [-0.25, -0.2) is 0 Å². The second kappa shape index (κ2) is 29.1. The molecule has 2 fully saturated rings. The Kier molecular flexibility index (Phi) is 31.3. The predicted molar refractivity (Wildman–Crippen MR) is 153 cm³/mol. The van der Waals surface area contributed by atoms with Gasteiger partial charge >= 0.3 is 35.8 Å². The second-order valence-electron chi connectivity index (χ2n) is 8.96. The fourth-order valence-corrected chi connectivity index (χ4v) is 2.23. The molecule has 22 nitrogen and oxygen atoms in total. The summed E-state index contributed by atoms with van der Waals surface area (Å²) in [5.74, 6) is -6.16. The van der Waals surface area contributed by atoms with Gasteiger partial charge < -0.3 is 84.6 Å². The Labute approximate surface area is 257 Å². The molecule has 2 aliphatic rings. The first-order valence-corrected chi connectivity index (χ1v) is 13.1. The van der Waals surface area contributed by atoms with Crippen molar-refractivity contribution in [1.29, 1.82) is 0 Å². The van der Waals surface area contributed by atoms with Crippen molar-refractivity contribution in [3.8, 4) is 0 Å². The van der Waals surface area contributed by atoms with E-state index in [0.717, 1.165) is 38.8 Å². The molecule has 266 valence electrons. The summed E-state index contributed by atoms with van der Waals surface area (Å²) >= 11 is 0. The first kappa shape index (κ1) is 48.3. The Hall–Kier alpha value is -3.58. The number of nitrogens with one attached hydrogen (secondary N) is 2. The van der Waals surface area contributed by atoms with E-state index in [4.69, 9.17) is 74.0 Å². The van der Waals surface area contributed by atoms with Crippen LogP contribution in [0.3, 0.4) is 0 Å². The van der Waals surface area contributed by atoms with Gasteiger partial charge in [-0.1, -0.05) is 0 Å². The van der Waals surface area contributed by atoms with E-state index in [1.807, 2.05) is 0 Å². The van der Waals surface area contributed by atoms with E-state index in [1.165, 1.54) is 6.92 Å². The van der Waals surface area contributed by atoms with Gasteiger partial charge in [-0.2, -0.15) is 0 Å². The number of aliphatic hydroxyl groups excluding tert-OH is 4. The molecule has 0 aromatic rings. The number of carboxylic acid groups (broad SMARTS) is 6. The Morgan fingerprint density at radius 2 is 0.867 bits per heavy atom. The van der Waals surface area contributed by atoms with E-state index < -0.39 is 85.9 Å². The predicted octanol–water partition coefficient (Wildman–Crippen LogP) is -6.40. The van der Waals surface area contributed by atoms with Crippen LogP contribution in [0.1, 0.15) is 32.6 Å². The van der Waals surface area contributed by atoms with Crippen LogP contribution in [0, 0.1) is 0 Å². The molecule has 0 aromatic carbocycles. The lowest BCUT2D eigenvalue weighted by Gasteiger charge is -2.06. The van der Waals surface area contributed by atoms with Crippen molar-refractivity contribution in [3.05, 3.63) is 0 Å². The quantitative estimate of drug-likeness (QED) is 0.103. The van der Waals surface area contributed by atoms with Crippen molar-refractivity contribution in [2.75, 3.05) is 32.9 Å². The Bertz CT molecular complexity index is 763. The first-order chi connectivity index (χ1) is 20.7. The molecule has 7 atom stereocenters. The Morgan fingerprint density at radius 3 is 0.911 bits per heavy atom. The number of carbonyl (C=O) groups is 6. The molecule has 0 radical (unpaired) electrons. The fourth-order valence-electron chi connectivity index (χ4n) is 2.23. The lowest BCUT2D eigenvalue weighted by molar-refractivity contribution is -0.141. The summed E-state index contributed by atoms with van der Waals surface area (Å²) in [6.45, 7) is 1.53. The molecule has 0 aliphatic carbocycles. The van der Waals surface area contributed by atoms with E-state index in [0.29, 0.717) is 0 Å². The van der Waals surface area contributed by atoms with Crippen LogP contribution >= 0.6 is 0 Å². The maximum atomic E-state index is 10.1. The molecule has 2 heterocycles. The van der Waals surface area contributed by atoms with Gasteiger partial charge in [0, 0.05) is 0 Å². The minimum absolute atomic E-state index is 0.269. The van der Waals surface area contributed by atoms with Crippen molar-refractivity contribution in [2.45, 2.75) is 75.0 Å². The van der Waals surface area contributed by atoms with Crippen molar-refractivity contribution >= 4 is 35.8 Å². The van der Waals surface area contributed by atoms with Crippen LogP contribution in [-0.4, -0.2) is 162 Å². The maximum absolute atomic E-state index is 10.1. The van der Waals surface area contributed by atoms with Crippen LogP contribution in [0.25, 0.3) is 0 Å². The highest BCUT2D eigenvalue weighted by Crippen LogP contribution is 2.04. The molecule has 22 heteroatoms. The van der Waals surface area contributed by atoms with Crippen LogP contribution < -0.4 is 33.6 Å². The molecule has 20 N–H and O–H groups in total. The molecule has 2 saturated heterocycles. The summed E-state index contributed by atoms with van der Waals surface area (Å²) < 4.78 is 0. The zero-order chi connectivity index (χ0) is 36.3. The van der Waals surface area contributed by atoms with E-state index in [-0.39, 0.29) is 12.1 Å². The lowest BCUT2D eigenvalue weighted by Crippen LogP contribution is -2.39. The van der Waals surface area contributed by atoms with Crippen molar-refractivity contribution in [3.63, 3.8) is 0 Å². The van der Waals surface area contributed by atoms with Crippen molar-refractivity contribution < 1.29 is 79.8 Å². The average molecular weight is 665 g/mol. The van der Waals surface area contributed by atoms with Gasteiger partial charge in [0.15, 0.2) is 0 Å². The number of rotatable bonds is 10. The Morgan fingerprint density at radius 1 is 0.600 bits per heavy atom. The van der Waals surface area contributed by atoms with Crippen molar-refractivity contribution in [1.82, 2.24) is 10.6 Å². The monoisotopic (exact) mass is 664 g/mol. The topological polar surface area (TPSA) is 433 Å². The summed E-state index contributed by atoms with van der Waals surface area (Å²) in [6.07, 6.45) is 2.59. The highest BCUT2D eigenvalue weighted by Gasteiger charge is 2.21. The molecule has 0 spiro atoms. The van der Waals surface area contributed by atoms with Gasteiger partial charge in [0.25, 0.3) is 0 Å². The third kappa shape index (κ3) is 30.2. The van der Waals surface area contributed by atoms with Crippen LogP contribution in [0.5, 0.6) is 0 Å². The molecular formula is C23H48N6O16. The molecular weight excluding hydrogens is 616 g/mol. The average Bonchev–Trinajstić information content (AvgIpc) is 3.72. The number of hydrogen-bond donors (Lipinski definition) is 16. The van der Waals surface area contributed by atoms with Crippen LogP contribution in [0.4, 0.5) is 0 Å². The number of aliphatic hydroxyl groups is 4.